The third-order valence-corrected chi connectivity index (χ3v) is 3.57. The highest BCUT2D eigenvalue weighted by molar-refractivity contribution is 7.89. The van der Waals surface area contributed by atoms with E-state index in [1.54, 1.807) is 6.08 Å². The second kappa shape index (κ2) is 8.76. The Bertz CT molecular complexity index is 291. The van der Waals surface area contributed by atoms with E-state index in [1.165, 1.54) is 0 Å². The topological polar surface area (TPSA) is 54.4 Å². The lowest BCUT2D eigenvalue weighted by Gasteiger charge is -2.03. The van der Waals surface area contributed by atoms with Gasteiger partial charge in [0.2, 0.25) is 0 Å². The van der Waals surface area contributed by atoms with Crippen LogP contribution in [0.15, 0.2) is 11.0 Å². The minimum Gasteiger partial charge on any atom is -0.282 e. The first-order valence-corrected chi connectivity index (χ1v) is 7.62. The Morgan fingerprint density at radius 1 is 1.06 bits per heavy atom. The Morgan fingerprint density at radius 2 is 1.62 bits per heavy atom. The molecule has 0 rings (SSSR count). The summed E-state index contributed by atoms with van der Waals surface area (Å²) in [5.74, 6) is 0. The molecule has 0 aromatic rings. The standard InChI is InChI=1S/C12H24O3S/c1-3-5-7-9-11-12(16(13,14)15)10-8-6-4-2/h11H,3-10H2,1-2H3,(H,13,14,15)/b12-11+. The van der Waals surface area contributed by atoms with E-state index in [1.807, 2.05) is 0 Å². The van der Waals surface area contributed by atoms with Crippen LogP contribution in [0, 0.1) is 0 Å². The van der Waals surface area contributed by atoms with Crippen LogP contribution in [-0.2, 0) is 10.1 Å². The van der Waals surface area contributed by atoms with Gasteiger partial charge >= 0.3 is 0 Å². The van der Waals surface area contributed by atoms with Crippen molar-refractivity contribution in [3.05, 3.63) is 11.0 Å². The summed E-state index contributed by atoms with van der Waals surface area (Å²) in [5.41, 5.74) is 0. The van der Waals surface area contributed by atoms with Crippen molar-refractivity contribution in [2.24, 2.45) is 0 Å². The van der Waals surface area contributed by atoms with Gasteiger partial charge in [-0.3, -0.25) is 4.55 Å². The van der Waals surface area contributed by atoms with Gasteiger partial charge in [-0.1, -0.05) is 45.6 Å². The van der Waals surface area contributed by atoms with E-state index >= 15 is 0 Å². The van der Waals surface area contributed by atoms with Crippen LogP contribution in [0.3, 0.4) is 0 Å². The molecule has 0 aliphatic heterocycles. The predicted molar refractivity (Wildman–Crippen MR) is 67.9 cm³/mol. The predicted octanol–water partition coefficient (Wildman–Crippen LogP) is 3.92. The molecular formula is C12H24O3S. The molecule has 0 fully saturated rings. The molecule has 0 amide bonds. The smallest absolute Gasteiger partial charge is 0.282 e. The van der Waals surface area contributed by atoms with E-state index in [0.29, 0.717) is 6.42 Å². The Morgan fingerprint density at radius 3 is 2.12 bits per heavy atom. The molecule has 0 aromatic heterocycles. The van der Waals surface area contributed by atoms with Crippen molar-refractivity contribution >= 4 is 10.1 Å². The van der Waals surface area contributed by atoms with Crippen LogP contribution in [-0.4, -0.2) is 13.0 Å². The van der Waals surface area contributed by atoms with Crippen molar-refractivity contribution in [1.29, 1.82) is 0 Å². The molecule has 0 atom stereocenters. The molecule has 0 aromatic carbocycles. The normalized spacial score (nSPS) is 13.1. The van der Waals surface area contributed by atoms with Crippen molar-refractivity contribution in [3.8, 4) is 0 Å². The van der Waals surface area contributed by atoms with Gasteiger partial charge in [-0.25, -0.2) is 0 Å². The highest BCUT2D eigenvalue weighted by Gasteiger charge is 2.12. The van der Waals surface area contributed by atoms with Crippen molar-refractivity contribution in [3.63, 3.8) is 0 Å². The molecule has 0 radical (unpaired) electrons. The molecule has 16 heavy (non-hydrogen) atoms. The third-order valence-electron chi connectivity index (χ3n) is 2.54. The number of allylic oxidation sites excluding steroid dienone is 2. The van der Waals surface area contributed by atoms with Crippen molar-refractivity contribution < 1.29 is 13.0 Å². The van der Waals surface area contributed by atoms with E-state index in [4.69, 9.17) is 4.55 Å². The van der Waals surface area contributed by atoms with Gasteiger partial charge in [-0.05, 0) is 25.7 Å². The summed E-state index contributed by atoms with van der Waals surface area (Å²) < 4.78 is 31.2. The second-order valence-corrected chi connectivity index (χ2v) is 5.57. The average molecular weight is 248 g/mol. The fourth-order valence-corrected chi connectivity index (χ4v) is 2.27. The number of rotatable bonds is 9. The molecule has 0 saturated carbocycles. The van der Waals surface area contributed by atoms with E-state index in [0.717, 1.165) is 44.9 Å². The van der Waals surface area contributed by atoms with E-state index in [9.17, 15) is 8.42 Å². The Hall–Kier alpha value is -0.350. The zero-order chi connectivity index (χ0) is 12.4. The lowest BCUT2D eigenvalue weighted by molar-refractivity contribution is 0.487. The van der Waals surface area contributed by atoms with Crippen LogP contribution in [0.2, 0.25) is 0 Å². The third kappa shape index (κ3) is 7.88. The molecule has 96 valence electrons. The summed E-state index contributed by atoms with van der Waals surface area (Å²) in [5, 5.41) is 0. The summed E-state index contributed by atoms with van der Waals surface area (Å²) in [6, 6.07) is 0. The quantitative estimate of drug-likeness (QED) is 0.497. The van der Waals surface area contributed by atoms with Gasteiger partial charge in [0.05, 0.1) is 4.91 Å². The van der Waals surface area contributed by atoms with Gasteiger partial charge in [-0.15, -0.1) is 0 Å². The van der Waals surface area contributed by atoms with Crippen LogP contribution < -0.4 is 0 Å². The minimum atomic E-state index is -3.97. The number of unbranched alkanes of at least 4 members (excludes halogenated alkanes) is 5. The molecular weight excluding hydrogens is 224 g/mol. The van der Waals surface area contributed by atoms with Gasteiger partial charge in [0.15, 0.2) is 0 Å². The fraction of sp³-hybridized carbons (Fsp3) is 0.833. The zero-order valence-electron chi connectivity index (χ0n) is 10.4. The van der Waals surface area contributed by atoms with Crippen molar-refractivity contribution in [2.75, 3.05) is 0 Å². The van der Waals surface area contributed by atoms with Crippen molar-refractivity contribution in [2.45, 2.75) is 65.2 Å². The van der Waals surface area contributed by atoms with Crippen LogP contribution >= 0.6 is 0 Å². The zero-order valence-corrected chi connectivity index (χ0v) is 11.2. The average Bonchev–Trinajstić information content (AvgIpc) is 2.20. The van der Waals surface area contributed by atoms with Gasteiger partial charge in [0.1, 0.15) is 0 Å². The lowest BCUT2D eigenvalue weighted by Crippen LogP contribution is -2.02. The molecule has 0 unspecified atom stereocenters. The molecule has 0 heterocycles. The van der Waals surface area contributed by atoms with Gasteiger partial charge in [0.25, 0.3) is 10.1 Å². The molecule has 0 saturated heterocycles. The molecule has 0 spiro atoms. The molecule has 4 heteroatoms. The Balaban J connectivity index is 4.21. The summed E-state index contributed by atoms with van der Waals surface area (Å²) >= 11 is 0. The molecule has 0 bridgehead atoms. The van der Waals surface area contributed by atoms with Crippen LogP contribution in [0.5, 0.6) is 0 Å². The molecule has 0 aliphatic rings. The minimum absolute atomic E-state index is 0.206. The highest BCUT2D eigenvalue weighted by Crippen LogP contribution is 2.16. The number of hydrogen-bond donors (Lipinski definition) is 1. The van der Waals surface area contributed by atoms with Gasteiger partial charge in [0, 0.05) is 0 Å². The fourth-order valence-electron chi connectivity index (χ4n) is 1.54. The Kier molecular flexibility index (Phi) is 8.57. The summed E-state index contributed by atoms with van der Waals surface area (Å²) in [6.07, 6.45) is 8.99. The van der Waals surface area contributed by atoms with Crippen LogP contribution in [0.25, 0.3) is 0 Å². The maximum absolute atomic E-state index is 11.1. The monoisotopic (exact) mass is 248 g/mol. The molecule has 3 nitrogen and oxygen atoms in total. The number of hydrogen-bond acceptors (Lipinski definition) is 2. The lowest BCUT2D eigenvalue weighted by atomic mass is 10.1. The largest absolute Gasteiger partial charge is 0.290 e. The second-order valence-electron chi connectivity index (χ2n) is 4.10. The SMILES string of the molecule is CCCCC/C=C(\CCCCC)S(=O)(=O)O. The summed E-state index contributed by atoms with van der Waals surface area (Å²) in [6.45, 7) is 4.17. The first-order chi connectivity index (χ1) is 7.52. The van der Waals surface area contributed by atoms with E-state index < -0.39 is 10.1 Å². The first kappa shape index (κ1) is 15.7. The Labute approximate surface area is 99.7 Å². The summed E-state index contributed by atoms with van der Waals surface area (Å²) in [4.78, 5) is 0.206. The van der Waals surface area contributed by atoms with E-state index in [-0.39, 0.29) is 4.91 Å². The molecule has 1 N–H and O–H groups in total. The first-order valence-electron chi connectivity index (χ1n) is 6.18. The van der Waals surface area contributed by atoms with E-state index in [2.05, 4.69) is 13.8 Å². The highest BCUT2D eigenvalue weighted by atomic mass is 32.2. The van der Waals surface area contributed by atoms with Crippen molar-refractivity contribution in [1.82, 2.24) is 0 Å². The van der Waals surface area contributed by atoms with Gasteiger partial charge in [-0.2, -0.15) is 8.42 Å². The maximum atomic E-state index is 11.1. The van der Waals surface area contributed by atoms with Crippen LogP contribution in [0.1, 0.15) is 65.2 Å². The van der Waals surface area contributed by atoms with Crippen LogP contribution in [0.4, 0.5) is 0 Å². The maximum Gasteiger partial charge on any atom is 0.290 e. The molecule has 0 aliphatic carbocycles. The van der Waals surface area contributed by atoms with Gasteiger partial charge < -0.3 is 0 Å². The summed E-state index contributed by atoms with van der Waals surface area (Å²) in [7, 11) is -3.97.